The molecule has 3 aromatic rings. The fourth-order valence-corrected chi connectivity index (χ4v) is 4.76. The highest BCUT2D eigenvalue weighted by Crippen LogP contribution is 2.39. The third-order valence-electron chi connectivity index (χ3n) is 5.87. The lowest BCUT2D eigenvalue weighted by atomic mass is 10.0. The molecule has 0 aliphatic carbocycles. The van der Waals surface area contributed by atoms with E-state index in [1.165, 1.54) is 5.69 Å². The van der Waals surface area contributed by atoms with E-state index in [2.05, 4.69) is 55.2 Å². The van der Waals surface area contributed by atoms with Crippen LogP contribution >= 0.6 is 12.2 Å². The molecule has 6 nitrogen and oxygen atoms in total. The fourth-order valence-electron chi connectivity index (χ4n) is 4.46. The SMILES string of the molecule is S=C1N[C@@H](c2ccccn2)[C@H](c2cccn2C[C@@H]2CCCO2)N1Cc1cccnc1. The van der Waals surface area contributed by atoms with Crippen LogP contribution in [-0.2, 0) is 17.8 Å². The Morgan fingerprint density at radius 2 is 2.10 bits per heavy atom. The van der Waals surface area contributed by atoms with Crippen LogP contribution in [0.2, 0.25) is 0 Å². The van der Waals surface area contributed by atoms with Crippen LogP contribution in [0.5, 0.6) is 0 Å². The maximum atomic E-state index is 5.90. The summed E-state index contributed by atoms with van der Waals surface area (Å²) in [6, 6.07) is 14.4. The van der Waals surface area contributed by atoms with Crippen molar-refractivity contribution >= 4 is 17.3 Å². The Hall–Kier alpha value is -2.77. The molecule has 5 rings (SSSR count). The zero-order valence-electron chi connectivity index (χ0n) is 16.7. The molecule has 5 heterocycles. The standard InChI is InChI=1S/C23H25N5OS/c30-23-26-21(19-8-1-2-11-25-19)22(28(23)15-17-6-3-10-24-14-17)20-9-4-12-27(20)16-18-7-5-13-29-18/h1-4,6,8-12,14,18,21-22H,5,7,13,15-16H2,(H,26,30)/t18-,21-,22-/m0/s1. The normalized spacial score (nSPS) is 23.7. The van der Waals surface area contributed by atoms with Gasteiger partial charge in [-0.25, -0.2) is 0 Å². The molecule has 2 fully saturated rings. The van der Waals surface area contributed by atoms with Gasteiger partial charge in [-0.2, -0.15) is 0 Å². The lowest BCUT2D eigenvalue weighted by molar-refractivity contribution is 0.0953. The Morgan fingerprint density at radius 3 is 2.87 bits per heavy atom. The summed E-state index contributed by atoms with van der Waals surface area (Å²) in [6.45, 7) is 2.42. The van der Waals surface area contributed by atoms with Crippen LogP contribution in [0.3, 0.4) is 0 Å². The lowest BCUT2D eigenvalue weighted by Gasteiger charge is -2.29. The number of rotatable bonds is 6. The van der Waals surface area contributed by atoms with Crippen LogP contribution in [0.1, 0.15) is 41.9 Å². The number of pyridine rings is 2. The van der Waals surface area contributed by atoms with Crippen LogP contribution in [0.15, 0.2) is 67.3 Å². The van der Waals surface area contributed by atoms with E-state index in [4.69, 9.17) is 17.0 Å². The summed E-state index contributed by atoms with van der Waals surface area (Å²) in [7, 11) is 0. The first-order valence-corrected chi connectivity index (χ1v) is 10.8. The molecule has 30 heavy (non-hydrogen) atoms. The lowest BCUT2D eigenvalue weighted by Crippen LogP contribution is -2.30. The topological polar surface area (TPSA) is 55.2 Å². The average Bonchev–Trinajstić information content (AvgIpc) is 3.52. The predicted octanol–water partition coefficient (Wildman–Crippen LogP) is 3.63. The van der Waals surface area contributed by atoms with Crippen LogP contribution in [0.25, 0.3) is 0 Å². The monoisotopic (exact) mass is 419 g/mol. The van der Waals surface area contributed by atoms with Crippen molar-refractivity contribution in [3.05, 3.63) is 84.2 Å². The van der Waals surface area contributed by atoms with Gasteiger partial charge in [-0.15, -0.1) is 0 Å². The molecule has 3 aromatic heterocycles. The molecule has 1 N–H and O–H groups in total. The molecule has 154 valence electrons. The highest BCUT2D eigenvalue weighted by atomic mass is 32.1. The molecule has 0 unspecified atom stereocenters. The van der Waals surface area contributed by atoms with E-state index in [-0.39, 0.29) is 18.2 Å². The predicted molar refractivity (Wildman–Crippen MR) is 119 cm³/mol. The van der Waals surface area contributed by atoms with Crippen LogP contribution < -0.4 is 5.32 Å². The summed E-state index contributed by atoms with van der Waals surface area (Å²) < 4.78 is 8.22. The second-order valence-corrected chi connectivity index (χ2v) is 8.22. The molecule has 2 aliphatic heterocycles. The molecule has 0 spiro atoms. The Bertz CT molecular complexity index is 987. The van der Waals surface area contributed by atoms with E-state index in [9.17, 15) is 0 Å². The Labute approximate surface area is 181 Å². The average molecular weight is 420 g/mol. The molecule has 0 saturated carbocycles. The van der Waals surface area contributed by atoms with Gasteiger partial charge in [0.1, 0.15) is 0 Å². The molecule has 2 aliphatic rings. The van der Waals surface area contributed by atoms with E-state index in [1.54, 1.807) is 6.20 Å². The molecule has 0 amide bonds. The first-order valence-electron chi connectivity index (χ1n) is 10.4. The van der Waals surface area contributed by atoms with Gasteiger partial charge in [0.05, 0.1) is 23.9 Å². The maximum absolute atomic E-state index is 5.90. The minimum absolute atomic E-state index is 0.0199. The van der Waals surface area contributed by atoms with Gasteiger partial charge in [0.25, 0.3) is 0 Å². The Morgan fingerprint density at radius 1 is 1.13 bits per heavy atom. The van der Waals surface area contributed by atoms with Crippen molar-refractivity contribution in [1.29, 1.82) is 0 Å². The van der Waals surface area contributed by atoms with Crippen molar-refractivity contribution in [2.75, 3.05) is 6.61 Å². The molecular formula is C23H25N5OS. The zero-order chi connectivity index (χ0) is 20.3. The first-order chi connectivity index (χ1) is 14.8. The fraction of sp³-hybridized carbons (Fsp3) is 0.348. The van der Waals surface area contributed by atoms with Crippen molar-refractivity contribution in [2.24, 2.45) is 0 Å². The summed E-state index contributed by atoms with van der Waals surface area (Å²) in [5.41, 5.74) is 3.34. The van der Waals surface area contributed by atoms with E-state index in [0.29, 0.717) is 6.54 Å². The number of nitrogens with zero attached hydrogens (tertiary/aromatic N) is 4. The number of ether oxygens (including phenoxy) is 1. The van der Waals surface area contributed by atoms with Crippen molar-refractivity contribution < 1.29 is 4.74 Å². The Balaban J connectivity index is 1.51. The van der Waals surface area contributed by atoms with E-state index < -0.39 is 0 Å². The third-order valence-corrected chi connectivity index (χ3v) is 6.22. The molecule has 2 saturated heterocycles. The minimum Gasteiger partial charge on any atom is -0.376 e. The zero-order valence-corrected chi connectivity index (χ0v) is 17.5. The van der Waals surface area contributed by atoms with Crippen LogP contribution in [0, 0.1) is 0 Å². The number of aromatic nitrogens is 3. The third kappa shape index (κ3) is 3.82. The van der Waals surface area contributed by atoms with Gasteiger partial charge >= 0.3 is 0 Å². The van der Waals surface area contributed by atoms with Gasteiger partial charge in [-0.05, 0) is 61.0 Å². The largest absolute Gasteiger partial charge is 0.376 e. The first kappa shape index (κ1) is 19.2. The maximum Gasteiger partial charge on any atom is 0.170 e. The minimum atomic E-state index is -0.0199. The van der Waals surface area contributed by atoms with E-state index in [0.717, 1.165) is 42.4 Å². The smallest absolute Gasteiger partial charge is 0.170 e. The van der Waals surface area contributed by atoms with Crippen molar-refractivity contribution in [1.82, 2.24) is 24.8 Å². The summed E-state index contributed by atoms with van der Waals surface area (Å²) in [6.07, 6.45) is 10.2. The molecule has 3 atom stereocenters. The van der Waals surface area contributed by atoms with Gasteiger partial charge in [0.2, 0.25) is 0 Å². The quantitative estimate of drug-likeness (QED) is 0.616. The summed E-state index contributed by atoms with van der Waals surface area (Å²) in [5.74, 6) is 0. The Kier molecular flexibility index (Phi) is 5.46. The van der Waals surface area contributed by atoms with Crippen molar-refractivity contribution in [3.63, 3.8) is 0 Å². The molecular weight excluding hydrogens is 394 g/mol. The van der Waals surface area contributed by atoms with Crippen LogP contribution in [0.4, 0.5) is 0 Å². The van der Waals surface area contributed by atoms with E-state index >= 15 is 0 Å². The summed E-state index contributed by atoms with van der Waals surface area (Å²) in [5, 5.41) is 4.27. The van der Waals surface area contributed by atoms with Gasteiger partial charge in [0.15, 0.2) is 5.11 Å². The second kappa shape index (κ2) is 8.53. The number of nitrogens with one attached hydrogen (secondary N) is 1. The molecule has 0 radical (unpaired) electrons. The van der Waals surface area contributed by atoms with Crippen LogP contribution in [-0.4, -0.2) is 37.3 Å². The van der Waals surface area contributed by atoms with Gasteiger partial charge < -0.3 is 19.5 Å². The van der Waals surface area contributed by atoms with Gasteiger partial charge in [-0.1, -0.05) is 12.1 Å². The highest BCUT2D eigenvalue weighted by molar-refractivity contribution is 7.80. The molecule has 0 aromatic carbocycles. The molecule has 0 bridgehead atoms. The number of hydrogen-bond donors (Lipinski definition) is 1. The van der Waals surface area contributed by atoms with Crippen molar-refractivity contribution in [3.8, 4) is 0 Å². The van der Waals surface area contributed by atoms with Gasteiger partial charge in [-0.3, -0.25) is 9.97 Å². The second-order valence-electron chi connectivity index (χ2n) is 7.84. The van der Waals surface area contributed by atoms with E-state index in [1.807, 2.05) is 30.6 Å². The summed E-state index contributed by atoms with van der Waals surface area (Å²) in [4.78, 5) is 11.2. The molecule has 7 heteroatoms. The number of hydrogen-bond acceptors (Lipinski definition) is 4. The summed E-state index contributed by atoms with van der Waals surface area (Å²) >= 11 is 5.79. The number of thiocarbonyl (C=S) groups is 1. The van der Waals surface area contributed by atoms with Gasteiger partial charge in [0, 0.05) is 50.2 Å². The highest BCUT2D eigenvalue weighted by Gasteiger charge is 2.41. The van der Waals surface area contributed by atoms with Crippen molar-refractivity contribution in [2.45, 2.75) is 44.1 Å².